The molecule has 0 unspecified atom stereocenters. The molecule has 0 saturated carbocycles. The van der Waals surface area contributed by atoms with E-state index in [1.54, 1.807) is 41.9 Å². The SMILES string of the molecule is CSCCN(C)C(=O)NCc1cccc(C(=O)O)c1. The van der Waals surface area contributed by atoms with Gasteiger partial charge < -0.3 is 15.3 Å². The predicted octanol–water partition coefficient (Wildman–Crippen LogP) is 1.89. The number of carboxylic acids is 1. The summed E-state index contributed by atoms with van der Waals surface area (Å²) in [6.07, 6.45) is 1.99. The van der Waals surface area contributed by atoms with Crippen molar-refractivity contribution in [3.8, 4) is 0 Å². The topological polar surface area (TPSA) is 69.6 Å². The lowest BCUT2D eigenvalue weighted by molar-refractivity contribution is 0.0696. The fourth-order valence-corrected chi connectivity index (χ4v) is 1.91. The van der Waals surface area contributed by atoms with E-state index < -0.39 is 5.97 Å². The van der Waals surface area contributed by atoms with Crippen molar-refractivity contribution in [3.63, 3.8) is 0 Å². The zero-order valence-corrected chi connectivity index (χ0v) is 11.9. The quantitative estimate of drug-likeness (QED) is 0.836. The molecule has 0 aliphatic carbocycles. The molecule has 2 N–H and O–H groups in total. The first-order chi connectivity index (χ1) is 9.04. The normalized spacial score (nSPS) is 10.0. The molecule has 0 fully saturated rings. The molecule has 19 heavy (non-hydrogen) atoms. The maximum Gasteiger partial charge on any atom is 0.335 e. The lowest BCUT2D eigenvalue weighted by Gasteiger charge is -2.17. The van der Waals surface area contributed by atoms with Gasteiger partial charge in [0.15, 0.2) is 0 Å². The molecule has 1 aromatic rings. The van der Waals surface area contributed by atoms with Gasteiger partial charge in [0.05, 0.1) is 5.56 Å². The number of hydrogen-bond acceptors (Lipinski definition) is 3. The van der Waals surface area contributed by atoms with E-state index in [4.69, 9.17) is 5.11 Å². The second-order valence-electron chi connectivity index (χ2n) is 4.08. The number of aromatic carboxylic acids is 1. The highest BCUT2D eigenvalue weighted by Gasteiger charge is 2.08. The number of thioether (sulfide) groups is 1. The first-order valence-electron chi connectivity index (χ1n) is 5.84. The third-order valence-corrected chi connectivity index (χ3v) is 3.19. The predicted molar refractivity (Wildman–Crippen MR) is 76.6 cm³/mol. The molecule has 0 aliphatic heterocycles. The van der Waals surface area contributed by atoms with Crippen LogP contribution in [0.2, 0.25) is 0 Å². The van der Waals surface area contributed by atoms with Crippen molar-refractivity contribution in [3.05, 3.63) is 35.4 Å². The molecule has 2 amide bonds. The summed E-state index contributed by atoms with van der Waals surface area (Å²) < 4.78 is 0. The number of carbonyl (C=O) groups excluding carboxylic acids is 1. The fraction of sp³-hybridized carbons (Fsp3) is 0.385. The van der Waals surface area contributed by atoms with Crippen LogP contribution < -0.4 is 5.32 Å². The van der Waals surface area contributed by atoms with Crippen molar-refractivity contribution in [1.29, 1.82) is 0 Å². The number of carbonyl (C=O) groups is 2. The summed E-state index contributed by atoms with van der Waals surface area (Å²) in [7, 11) is 1.74. The van der Waals surface area contributed by atoms with Gasteiger partial charge >= 0.3 is 12.0 Å². The number of urea groups is 1. The lowest BCUT2D eigenvalue weighted by atomic mass is 10.1. The largest absolute Gasteiger partial charge is 0.478 e. The minimum absolute atomic E-state index is 0.158. The summed E-state index contributed by atoms with van der Waals surface area (Å²) in [4.78, 5) is 24.2. The van der Waals surface area contributed by atoms with E-state index in [0.29, 0.717) is 13.1 Å². The highest BCUT2D eigenvalue weighted by Crippen LogP contribution is 2.05. The van der Waals surface area contributed by atoms with Gasteiger partial charge in [0, 0.05) is 25.9 Å². The third-order valence-electron chi connectivity index (χ3n) is 2.60. The third kappa shape index (κ3) is 5.21. The van der Waals surface area contributed by atoms with Crippen molar-refractivity contribution < 1.29 is 14.7 Å². The lowest BCUT2D eigenvalue weighted by Crippen LogP contribution is -2.38. The highest BCUT2D eigenvalue weighted by atomic mass is 32.2. The Morgan fingerprint density at radius 3 is 2.79 bits per heavy atom. The minimum Gasteiger partial charge on any atom is -0.478 e. The number of hydrogen-bond donors (Lipinski definition) is 2. The van der Waals surface area contributed by atoms with Crippen molar-refractivity contribution in [2.75, 3.05) is 25.6 Å². The number of amides is 2. The van der Waals surface area contributed by atoms with Crippen LogP contribution in [-0.4, -0.2) is 47.6 Å². The first kappa shape index (κ1) is 15.4. The Bertz CT molecular complexity index is 451. The summed E-state index contributed by atoms with van der Waals surface area (Å²) in [5.74, 6) is -0.0800. The van der Waals surface area contributed by atoms with Crippen molar-refractivity contribution in [2.24, 2.45) is 0 Å². The number of nitrogens with one attached hydrogen (secondary N) is 1. The molecule has 0 radical (unpaired) electrons. The van der Waals surface area contributed by atoms with Crippen LogP contribution >= 0.6 is 11.8 Å². The second kappa shape index (κ2) is 7.68. The molecule has 0 aliphatic rings. The molecule has 0 aromatic heterocycles. The van der Waals surface area contributed by atoms with Crippen LogP contribution in [0.4, 0.5) is 4.79 Å². The summed E-state index contributed by atoms with van der Waals surface area (Å²) in [6.45, 7) is 1.01. The van der Waals surface area contributed by atoms with E-state index in [1.807, 2.05) is 6.26 Å². The Hall–Kier alpha value is -1.69. The van der Waals surface area contributed by atoms with Crippen LogP contribution in [0.15, 0.2) is 24.3 Å². The van der Waals surface area contributed by atoms with Crippen LogP contribution in [0.1, 0.15) is 15.9 Å². The van der Waals surface area contributed by atoms with E-state index >= 15 is 0 Å². The molecule has 6 heteroatoms. The molecule has 1 aromatic carbocycles. The minimum atomic E-state index is -0.967. The second-order valence-corrected chi connectivity index (χ2v) is 5.06. The average molecular weight is 282 g/mol. The molecule has 0 heterocycles. The Balaban J connectivity index is 2.50. The molecule has 0 saturated heterocycles. The van der Waals surface area contributed by atoms with Crippen LogP contribution in [0, 0.1) is 0 Å². The van der Waals surface area contributed by atoms with E-state index in [-0.39, 0.29) is 11.6 Å². The number of rotatable bonds is 6. The molecule has 5 nitrogen and oxygen atoms in total. The van der Waals surface area contributed by atoms with Gasteiger partial charge in [0.2, 0.25) is 0 Å². The molecule has 0 bridgehead atoms. The summed E-state index contributed by atoms with van der Waals surface area (Å²) in [6, 6.07) is 6.38. The van der Waals surface area contributed by atoms with Gasteiger partial charge in [0.25, 0.3) is 0 Å². The standard InChI is InChI=1S/C13H18N2O3S/c1-15(6-7-19-2)13(18)14-9-10-4-3-5-11(8-10)12(16)17/h3-5,8H,6-7,9H2,1-2H3,(H,14,18)(H,16,17). The van der Waals surface area contributed by atoms with Gasteiger partial charge in [-0.05, 0) is 24.0 Å². The maximum atomic E-state index is 11.7. The average Bonchev–Trinajstić information content (AvgIpc) is 2.42. The Morgan fingerprint density at radius 1 is 1.42 bits per heavy atom. The van der Waals surface area contributed by atoms with Crippen molar-refractivity contribution in [1.82, 2.24) is 10.2 Å². The van der Waals surface area contributed by atoms with Crippen LogP contribution in [-0.2, 0) is 6.54 Å². The maximum absolute atomic E-state index is 11.7. The number of nitrogens with zero attached hydrogens (tertiary/aromatic N) is 1. The Morgan fingerprint density at radius 2 is 2.16 bits per heavy atom. The summed E-state index contributed by atoms with van der Waals surface area (Å²) >= 11 is 1.68. The van der Waals surface area contributed by atoms with Crippen molar-refractivity contribution in [2.45, 2.75) is 6.54 Å². The molecule has 0 atom stereocenters. The van der Waals surface area contributed by atoms with E-state index in [9.17, 15) is 9.59 Å². The molecule has 0 spiro atoms. The summed E-state index contributed by atoms with van der Waals surface area (Å²) in [5, 5.41) is 11.6. The molecular weight excluding hydrogens is 264 g/mol. The van der Waals surface area contributed by atoms with Gasteiger partial charge in [-0.2, -0.15) is 11.8 Å². The van der Waals surface area contributed by atoms with Crippen LogP contribution in [0.25, 0.3) is 0 Å². The van der Waals surface area contributed by atoms with Gasteiger partial charge in [-0.3, -0.25) is 0 Å². The smallest absolute Gasteiger partial charge is 0.335 e. The van der Waals surface area contributed by atoms with Gasteiger partial charge in [0.1, 0.15) is 0 Å². The first-order valence-corrected chi connectivity index (χ1v) is 7.24. The monoisotopic (exact) mass is 282 g/mol. The molecule has 104 valence electrons. The zero-order chi connectivity index (χ0) is 14.3. The van der Waals surface area contributed by atoms with Gasteiger partial charge in [-0.15, -0.1) is 0 Å². The number of benzene rings is 1. The number of carboxylic acid groups (broad SMARTS) is 1. The fourth-order valence-electron chi connectivity index (χ4n) is 1.46. The molecule has 1 rings (SSSR count). The van der Waals surface area contributed by atoms with Crippen LogP contribution in [0.3, 0.4) is 0 Å². The Labute approximate surface area is 117 Å². The summed E-state index contributed by atoms with van der Waals surface area (Å²) in [5.41, 5.74) is 0.994. The van der Waals surface area contributed by atoms with E-state index in [0.717, 1.165) is 11.3 Å². The highest BCUT2D eigenvalue weighted by molar-refractivity contribution is 7.98. The van der Waals surface area contributed by atoms with Crippen LogP contribution in [0.5, 0.6) is 0 Å². The zero-order valence-electron chi connectivity index (χ0n) is 11.0. The van der Waals surface area contributed by atoms with Gasteiger partial charge in [-0.1, -0.05) is 12.1 Å². The van der Waals surface area contributed by atoms with Gasteiger partial charge in [-0.25, -0.2) is 9.59 Å². The molecular formula is C13H18N2O3S. The Kier molecular flexibility index (Phi) is 6.21. The van der Waals surface area contributed by atoms with E-state index in [1.165, 1.54) is 6.07 Å². The van der Waals surface area contributed by atoms with E-state index in [2.05, 4.69) is 5.32 Å². The van der Waals surface area contributed by atoms with Crippen molar-refractivity contribution >= 4 is 23.8 Å².